The van der Waals surface area contributed by atoms with Crippen molar-refractivity contribution in [2.45, 2.75) is 80.1 Å². The molecule has 3 unspecified atom stereocenters. The second kappa shape index (κ2) is 8.77. The Morgan fingerprint density at radius 3 is 2.57 bits per heavy atom. The lowest BCUT2D eigenvalue weighted by molar-refractivity contribution is 0.151. The van der Waals surface area contributed by atoms with Crippen molar-refractivity contribution in [3.63, 3.8) is 0 Å². The largest absolute Gasteiger partial charge is 0.120 e. The third-order valence-corrected chi connectivity index (χ3v) is 6.32. The fraction of sp³-hybridized carbons (Fsp3) is 0.739. The van der Waals surface area contributed by atoms with Crippen molar-refractivity contribution >= 4 is 0 Å². The molecule has 0 aromatic heterocycles. The predicted molar refractivity (Wildman–Crippen MR) is 104 cm³/mol. The zero-order valence-corrected chi connectivity index (χ0v) is 16.4. The highest BCUT2D eigenvalue weighted by molar-refractivity contribution is 5.28. The summed E-state index contributed by atoms with van der Waals surface area (Å²) >= 11 is 0. The zero-order valence-electron chi connectivity index (χ0n) is 16.4. The molecule has 0 aliphatic heterocycles. The lowest BCUT2D eigenvalue weighted by Crippen LogP contribution is -2.32. The van der Waals surface area contributed by atoms with Crippen LogP contribution in [0, 0.1) is 41.4 Å². The van der Waals surface area contributed by atoms with Crippen molar-refractivity contribution in [1.29, 1.82) is 0 Å². The van der Waals surface area contributed by atoms with Gasteiger partial charge in [0, 0.05) is 5.92 Å². The zero-order chi connectivity index (χ0) is 17.6. The summed E-state index contributed by atoms with van der Waals surface area (Å²) in [5.74, 6) is 5.82. The molecule has 0 radical (unpaired) electrons. The van der Waals surface area contributed by atoms with Gasteiger partial charge in [-0.1, -0.05) is 65.3 Å². The summed E-state index contributed by atoms with van der Waals surface area (Å²) in [7, 11) is 0. The van der Waals surface area contributed by atoms with E-state index in [0.29, 0.717) is 5.92 Å². The maximum atomic E-state index is 5.65. The fourth-order valence-electron chi connectivity index (χ4n) is 4.19. The van der Waals surface area contributed by atoms with Gasteiger partial charge < -0.3 is 0 Å². The monoisotopic (exact) mass is 314 g/mol. The summed E-state index contributed by atoms with van der Waals surface area (Å²) in [5, 5.41) is 0. The van der Waals surface area contributed by atoms with Crippen LogP contribution in [0.4, 0.5) is 0 Å². The Morgan fingerprint density at radius 1 is 1.30 bits per heavy atom. The molecule has 0 bridgehead atoms. The predicted octanol–water partition coefficient (Wildman–Crippen LogP) is 7.03. The number of hydrogen-bond donors (Lipinski definition) is 0. The van der Waals surface area contributed by atoms with E-state index in [1.54, 1.807) is 5.57 Å². The lowest BCUT2D eigenvalue weighted by atomic mass is 9.63. The molecule has 0 amide bonds. The van der Waals surface area contributed by atoms with E-state index in [2.05, 4.69) is 46.3 Å². The van der Waals surface area contributed by atoms with Gasteiger partial charge in [0.1, 0.15) is 0 Å². The molecular formula is C23H38. The maximum absolute atomic E-state index is 5.65. The van der Waals surface area contributed by atoms with Crippen LogP contribution in [0.3, 0.4) is 0 Å². The van der Waals surface area contributed by atoms with Gasteiger partial charge >= 0.3 is 0 Å². The summed E-state index contributed by atoms with van der Waals surface area (Å²) in [5.41, 5.74) is 3.29. The third-order valence-electron chi connectivity index (χ3n) is 6.32. The maximum Gasteiger partial charge on any atom is 0.0223 e. The second-order valence-corrected chi connectivity index (χ2v) is 8.12. The van der Waals surface area contributed by atoms with E-state index in [0.717, 1.165) is 17.8 Å². The molecule has 0 N–H and O–H groups in total. The molecule has 4 atom stereocenters. The van der Waals surface area contributed by atoms with Gasteiger partial charge in [-0.2, -0.15) is 0 Å². The summed E-state index contributed by atoms with van der Waals surface area (Å²) in [6.45, 7) is 17.5. The number of fused-ring (bicyclic) bond motifs is 1. The minimum atomic E-state index is 0.258. The molecule has 0 heterocycles. The smallest absolute Gasteiger partial charge is 0.0223 e. The summed E-state index contributed by atoms with van der Waals surface area (Å²) in [4.78, 5) is 0. The number of rotatable bonds is 4. The second-order valence-electron chi connectivity index (χ2n) is 8.12. The van der Waals surface area contributed by atoms with Crippen LogP contribution in [-0.2, 0) is 0 Å². The Hall–Kier alpha value is -0.960. The van der Waals surface area contributed by atoms with Crippen LogP contribution in [0.15, 0.2) is 23.8 Å². The fourth-order valence-corrected chi connectivity index (χ4v) is 4.19. The minimum absolute atomic E-state index is 0.258. The first-order valence-electron chi connectivity index (χ1n) is 9.69. The van der Waals surface area contributed by atoms with Crippen molar-refractivity contribution in [1.82, 2.24) is 0 Å². The average molecular weight is 315 g/mol. The summed E-state index contributed by atoms with van der Waals surface area (Å²) in [6, 6.07) is 0. The first kappa shape index (κ1) is 20.1. The van der Waals surface area contributed by atoms with Crippen LogP contribution in [0.5, 0.6) is 0 Å². The molecular weight excluding hydrogens is 276 g/mol. The molecule has 2 aliphatic carbocycles. The van der Waals surface area contributed by atoms with Gasteiger partial charge in [0.15, 0.2) is 0 Å². The number of hydrogen-bond acceptors (Lipinski definition) is 0. The molecule has 0 nitrogen and oxygen atoms in total. The molecule has 1 saturated carbocycles. The standard InChI is InChI=1S/C21H32.C2H6/c1-7-17(4)21(5,6)13-12-19-16(3)9-10-18-14-15(2)8-11-20(18)19;1-2/h1,14,16-17,19-20H,2,8-13H2,3-6H3;1-2H3/t16?,17-,19?,20?;/m0./s1. The average Bonchev–Trinajstić information content (AvgIpc) is 2.55. The van der Waals surface area contributed by atoms with Crippen molar-refractivity contribution in [3.05, 3.63) is 23.8 Å². The van der Waals surface area contributed by atoms with Crippen LogP contribution in [0.2, 0.25) is 0 Å². The molecule has 2 rings (SSSR count). The SMILES string of the molecule is C#C[C@H](C)C(C)(C)CCC1C(C)CCC2=CC(=C)CCC21.CC. The van der Waals surface area contributed by atoms with Crippen molar-refractivity contribution in [2.24, 2.45) is 29.1 Å². The summed E-state index contributed by atoms with van der Waals surface area (Å²) < 4.78 is 0. The highest BCUT2D eigenvalue weighted by atomic mass is 14.4. The Morgan fingerprint density at radius 2 is 1.96 bits per heavy atom. The molecule has 0 heteroatoms. The molecule has 0 spiro atoms. The normalized spacial score (nSPS) is 28.7. The van der Waals surface area contributed by atoms with Crippen LogP contribution in [-0.4, -0.2) is 0 Å². The first-order chi connectivity index (χ1) is 10.8. The number of allylic oxidation sites excluding steroid dienone is 3. The minimum Gasteiger partial charge on any atom is -0.120 e. The quantitative estimate of drug-likeness (QED) is 0.489. The summed E-state index contributed by atoms with van der Waals surface area (Å²) in [6.07, 6.45) is 15.8. The highest BCUT2D eigenvalue weighted by Gasteiger charge is 2.36. The molecule has 0 aromatic carbocycles. The van der Waals surface area contributed by atoms with Gasteiger partial charge in [-0.15, -0.1) is 12.3 Å². The van der Waals surface area contributed by atoms with Crippen molar-refractivity contribution < 1.29 is 0 Å². The van der Waals surface area contributed by atoms with Gasteiger partial charge in [0.2, 0.25) is 0 Å². The van der Waals surface area contributed by atoms with Crippen molar-refractivity contribution in [3.8, 4) is 12.3 Å². The topological polar surface area (TPSA) is 0 Å². The molecule has 0 aromatic rings. The van der Waals surface area contributed by atoms with Gasteiger partial charge in [0.25, 0.3) is 0 Å². The lowest BCUT2D eigenvalue weighted by Gasteiger charge is -2.42. The van der Waals surface area contributed by atoms with Crippen LogP contribution in [0.25, 0.3) is 0 Å². The van der Waals surface area contributed by atoms with E-state index in [9.17, 15) is 0 Å². The van der Waals surface area contributed by atoms with E-state index in [-0.39, 0.29) is 5.41 Å². The van der Waals surface area contributed by atoms with Crippen LogP contribution in [0.1, 0.15) is 80.1 Å². The Balaban J connectivity index is 0.00000127. The highest BCUT2D eigenvalue weighted by Crippen LogP contribution is 2.47. The van der Waals surface area contributed by atoms with Crippen LogP contribution < -0.4 is 0 Å². The van der Waals surface area contributed by atoms with Crippen molar-refractivity contribution in [2.75, 3.05) is 0 Å². The first-order valence-corrected chi connectivity index (χ1v) is 9.69. The molecule has 2 aliphatic rings. The van der Waals surface area contributed by atoms with Gasteiger partial charge in [-0.3, -0.25) is 0 Å². The number of terminal acetylenes is 1. The van der Waals surface area contributed by atoms with E-state index in [1.165, 1.54) is 44.1 Å². The van der Waals surface area contributed by atoms with E-state index < -0.39 is 0 Å². The Bertz CT molecular complexity index is 457. The van der Waals surface area contributed by atoms with Gasteiger partial charge in [-0.05, 0) is 61.7 Å². The molecule has 0 saturated heterocycles. The van der Waals surface area contributed by atoms with E-state index in [4.69, 9.17) is 6.42 Å². The van der Waals surface area contributed by atoms with Crippen LogP contribution >= 0.6 is 0 Å². The van der Waals surface area contributed by atoms with E-state index in [1.807, 2.05) is 13.8 Å². The van der Waals surface area contributed by atoms with Gasteiger partial charge in [0.05, 0.1) is 0 Å². The molecule has 1 fully saturated rings. The Labute approximate surface area is 145 Å². The van der Waals surface area contributed by atoms with Gasteiger partial charge in [-0.25, -0.2) is 0 Å². The molecule has 23 heavy (non-hydrogen) atoms. The van der Waals surface area contributed by atoms with E-state index >= 15 is 0 Å². The molecule has 130 valence electrons. The Kier molecular flexibility index (Phi) is 7.66. The third kappa shape index (κ3) is 5.00.